The molecule has 2 nitrogen and oxygen atoms in total. The van der Waals surface area contributed by atoms with Gasteiger partial charge in [0.05, 0.1) is 5.69 Å². The van der Waals surface area contributed by atoms with Crippen LogP contribution in [0.4, 0.5) is 5.69 Å². The van der Waals surface area contributed by atoms with Crippen LogP contribution in [-0.4, -0.2) is 5.11 Å². The lowest BCUT2D eigenvalue weighted by atomic mass is 10.2. The lowest BCUT2D eigenvalue weighted by Crippen LogP contribution is -2.00. The third-order valence-electron chi connectivity index (χ3n) is 2.71. The molecule has 2 rings (SSSR count). The second kappa shape index (κ2) is 5.63. The minimum atomic E-state index is 0.291. The Balaban J connectivity index is 2.16. The summed E-state index contributed by atoms with van der Waals surface area (Å²) in [7, 11) is 0. The standard InChI is InChI=1S/C14H13BrClNO/c1-9-6-11(15)13(7-12(9)16)17-8-10-4-2-3-5-14(10)18/h2-7,17-18H,8H2,1H3. The highest BCUT2D eigenvalue weighted by atomic mass is 79.9. The molecule has 0 atom stereocenters. The summed E-state index contributed by atoms with van der Waals surface area (Å²) in [5, 5.41) is 13.6. The Kier molecular flexibility index (Phi) is 4.15. The number of hydrogen-bond acceptors (Lipinski definition) is 2. The molecule has 0 spiro atoms. The summed E-state index contributed by atoms with van der Waals surface area (Å²) in [6.45, 7) is 2.50. The average molecular weight is 327 g/mol. The number of aromatic hydroxyl groups is 1. The quantitative estimate of drug-likeness (QED) is 0.854. The molecule has 2 aromatic carbocycles. The van der Waals surface area contributed by atoms with Gasteiger partial charge in [0.25, 0.3) is 0 Å². The van der Waals surface area contributed by atoms with E-state index in [9.17, 15) is 5.11 Å². The smallest absolute Gasteiger partial charge is 0.120 e. The number of phenolic OH excluding ortho intramolecular Hbond substituents is 1. The van der Waals surface area contributed by atoms with E-state index >= 15 is 0 Å². The first-order valence-corrected chi connectivity index (χ1v) is 6.71. The predicted octanol–water partition coefficient (Wildman–Crippen LogP) is 4.73. The van der Waals surface area contributed by atoms with Crippen LogP contribution in [0.3, 0.4) is 0 Å². The Morgan fingerprint density at radius 3 is 2.72 bits per heavy atom. The molecular weight excluding hydrogens is 314 g/mol. The highest BCUT2D eigenvalue weighted by Gasteiger charge is 2.05. The van der Waals surface area contributed by atoms with Crippen LogP contribution < -0.4 is 5.32 Å². The first kappa shape index (κ1) is 13.2. The lowest BCUT2D eigenvalue weighted by molar-refractivity contribution is 0.469. The van der Waals surface area contributed by atoms with E-state index in [1.807, 2.05) is 31.2 Å². The van der Waals surface area contributed by atoms with Gasteiger partial charge in [0.15, 0.2) is 0 Å². The molecule has 0 fully saturated rings. The van der Waals surface area contributed by atoms with E-state index < -0.39 is 0 Å². The first-order valence-electron chi connectivity index (χ1n) is 5.54. The zero-order valence-electron chi connectivity index (χ0n) is 9.87. The van der Waals surface area contributed by atoms with Crippen molar-refractivity contribution in [2.24, 2.45) is 0 Å². The van der Waals surface area contributed by atoms with Gasteiger partial charge >= 0.3 is 0 Å². The molecule has 0 saturated carbocycles. The number of benzene rings is 2. The summed E-state index contributed by atoms with van der Waals surface area (Å²) in [4.78, 5) is 0. The third kappa shape index (κ3) is 2.98. The zero-order valence-corrected chi connectivity index (χ0v) is 12.2. The normalized spacial score (nSPS) is 10.4. The molecule has 0 aliphatic carbocycles. The fourth-order valence-electron chi connectivity index (χ4n) is 1.63. The Hall–Kier alpha value is -1.19. The highest BCUT2D eigenvalue weighted by molar-refractivity contribution is 9.10. The maximum atomic E-state index is 9.68. The van der Waals surface area contributed by atoms with Gasteiger partial charge in [0.1, 0.15) is 5.75 Å². The van der Waals surface area contributed by atoms with Crippen LogP contribution in [0, 0.1) is 6.92 Å². The van der Waals surface area contributed by atoms with E-state index in [1.54, 1.807) is 12.1 Å². The number of aryl methyl sites for hydroxylation is 1. The van der Waals surface area contributed by atoms with Gasteiger partial charge in [-0.05, 0) is 46.6 Å². The second-order valence-electron chi connectivity index (χ2n) is 4.06. The van der Waals surface area contributed by atoms with Gasteiger partial charge in [-0.3, -0.25) is 0 Å². The molecule has 0 radical (unpaired) electrons. The fraction of sp³-hybridized carbons (Fsp3) is 0.143. The van der Waals surface area contributed by atoms with Crippen molar-refractivity contribution in [3.05, 3.63) is 57.0 Å². The Labute approximate surface area is 120 Å². The number of phenols is 1. The van der Waals surface area contributed by atoms with Gasteiger partial charge in [0, 0.05) is 21.6 Å². The predicted molar refractivity (Wildman–Crippen MR) is 79.3 cm³/mol. The summed E-state index contributed by atoms with van der Waals surface area (Å²) in [5.74, 6) is 0.291. The molecule has 0 aliphatic heterocycles. The van der Waals surface area contributed by atoms with E-state index in [2.05, 4.69) is 21.2 Å². The molecule has 2 aromatic rings. The van der Waals surface area contributed by atoms with Crippen molar-refractivity contribution < 1.29 is 5.11 Å². The van der Waals surface area contributed by atoms with Crippen molar-refractivity contribution in [1.29, 1.82) is 0 Å². The summed E-state index contributed by atoms with van der Waals surface area (Å²) in [6.07, 6.45) is 0. The molecule has 0 heterocycles. The number of anilines is 1. The molecule has 0 amide bonds. The minimum absolute atomic E-state index is 0.291. The molecule has 0 aliphatic rings. The first-order chi connectivity index (χ1) is 8.58. The average Bonchev–Trinajstić information content (AvgIpc) is 2.34. The van der Waals surface area contributed by atoms with E-state index in [4.69, 9.17) is 11.6 Å². The lowest BCUT2D eigenvalue weighted by Gasteiger charge is -2.11. The van der Waals surface area contributed by atoms with E-state index in [0.717, 1.165) is 26.3 Å². The van der Waals surface area contributed by atoms with Crippen LogP contribution in [0.1, 0.15) is 11.1 Å². The second-order valence-corrected chi connectivity index (χ2v) is 5.33. The summed E-state index contributed by atoms with van der Waals surface area (Å²) in [5.41, 5.74) is 2.78. The molecule has 18 heavy (non-hydrogen) atoms. The van der Waals surface area contributed by atoms with Crippen molar-refractivity contribution in [3.63, 3.8) is 0 Å². The molecule has 0 saturated heterocycles. The molecule has 0 aromatic heterocycles. The largest absolute Gasteiger partial charge is 0.508 e. The number of halogens is 2. The van der Waals surface area contributed by atoms with Crippen LogP contribution in [-0.2, 0) is 6.54 Å². The maximum absolute atomic E-state index is 9.68. The topological polar surface area (TPSA) is 32.3 Å². The van der Waals surface area contributed by atoms with Gasteiger partial charge in [-0.2, -0.15) is 0 Å². The summed E-state index contributed by atoms with van der Waals surface area (Å²) < 4.78 is 0.958. The molecule has 4 heteroatoms. The third-order valence-corrected chi connectivity index (χ3v) is 3.77. The van der Waals surface area contributed by atoms with E-state index in [1.165, 1.54) is 0 Å². The van der Waals surface area contributed by atoms with E-state index in [0.29, 0.717) is 12.3 Å². The Morgan fingerprint density at radius 1 is 1.28 bits per heavy atom. The van der Waals surface area contributed by atoms with Gasteiger partial charge in [-0.15, -0.1) is 0 Å². The SMILES string of the molecule is Cc1cc(Br)c(NCc2ccccc2O)cc1Cl. The van der Waals surface area contributed by atoms with Crippen LogP contribution >= 0.6 is 27.5 Å². The van der Waals surface area contributed by atoms with Gasteiger partial charge in [0.2, 0.25) is 0 Å². The Morgan fingerprint density at radius 2 is 2.00 bits per heavy atom. The van der Waals surface area contributed by atoms with E-state index in [-0.39, 0.29) is 0 Å². The summed E-state index contributed by atoms with van der Waals surface area (Å²) in [6, 6.07) is 11.1. The molecule has 0 unspecified atom stereocenters. The molecule has 94 valence electrons. The summed E-state index contributed by atoms with van der Waals surface area (Å²) >= 11 is 9.58. The van der Waals surface area contributed by atoms with Gasteiger partial charge < -0.3 is 10.4 Å². The van der Waals surface area contributed by atoms with Crippen molar-refractivity contribution >= 4 is 33.2 Å². The maximum Gasteiger partial charge on any atom is 0.120 e. The van der Waals surface area contributed by atoms with Crippen LogP contribution in [0.15, 0.2) is 40.9 Å². The van der Waals surface area contributed by atoms with Crippen molar-refractivity contribution in [2.75, 3.05) is 5.32 Å². The number of para-hydroxylation sites is 1. The molecule has 0 bridgehead atoms. The van der Waals surface area contributed by atoms with Crippen molar-refractivity contribution in [2.45, 2.75) is 13.5 Å². The van der Waals surface area contributed by atoms with Crippen LogP contribution in [0.2, 0.25) is 5.02 Å². The highest BCUT2D eigenvalue weighted by Crippen LogP contribution is 2.30. The number of hydrogen-bond donors (Lipinski definition) is 2. The number of nitrogens with one attached hydrogen (secondary N) is 1. The fourth-order valence-corrected chi connectivity index (χ4v) is 2.39. The van der Waals surface area contributed by atoms with Crippen molar-refractivity contribution in [3.8, 4) is 5.75 Å². The van der Waals surface area contributed by atoms with Crippen LogP contribution in [0.5, 0.6) is 5.75 Å². The monoisotopic (exact) mass is 325 g/mol. The molecule has 2 N–H and O–H groups in total. The number of rotatable bonds is 3. The van der Waals surface area contributed by atoms with Gasteiger partial charge in [-0.1, -0.05) is 29.8 Å². The zero-order chi connectivity index (χ0) is 13.1. The van der Waals surface area contributed by atoms with Gasteiger partial charge in [-0.25, -0.2) is 0 Å². The van der Waals surface area contributed by atoms with Crippen molar-refractivity contribution in [1.82, 2.24) is 0 Å². The van der Waals surface area contributed by atoms with Crippen LogP contribution in [0.25, 0.3) is 0 Å². The Bertz CT molecular complexity index is 572. The molecular formula is C14H13BrClNO. The minimum Gasteiger partial charge on any atom is -0.508 e.